The van der Waals surface area contributed by atoms with Crippen LogP contribution in [0.25, 0.3) is 0 Å². The predicted molar refractivity (Wildman–Crippen MR) is 101 cm³/mol. The summed E-state index contributed by atoms with van der Waals surface area (Å²) in [6, 6.07) is 2.73. The third-order valence-corrected chi connectivity index (χ3v) is 3.80. The molecule has 146 valence electrons. The molecular weight excluding hydrogens is 352 g/mol. The molecule has 10 nitrogen and oxygen atoms in total. The van der Waals surface area contributed by atoms with Gasteiger partial charge in [-0.2, -0.15) is 0 Å². The van der Waals surface area contributed by atoms with Crippen molar-refractivity contribution in [1.29, 1.82) is 0 Å². The van der Waals surface area contributed by atoms with Crippen LogP contribution in [0, 0.1) is 0 Å². The van der Waals surface area contributed by atoms with E-state index in [9.17, 15) is 19.2 Å². The van der Waals surface area contributed by atoms with Gasteiger partial charge in [0.1, 0.15) is 12.2 Å². The van der Waals surface area contributed by atoms with Gasteiger partial charge in [0.05, 0.1) is 5.69 Å². The lowest BCUT2D eigenvalue weighted by Crippen LogP contribution is -2.32. The Morgan fingerprint density at radius 1 is 1.26 bits per heavy atom. The van der Waals surface area contributed by atoms with Crippen LogP contribution in [0.1, 0.15) is 16.9 Å². The Hall–Kier alpha value is -3.14. The summed E-state index contributed by atoms with van der Waals surface area (Å²) >= 11 is 0. The van der Waals surface area contributed by atoms with Crippen molar-refractivity contribution in [2.45, 2.75) is 13.0 Å². The molecule has 0 aromatic carbocycles. The third kappa shape index (κ3) is 5.96. The van der Waals surface area contributed by atoms with Gasteiger partial charge in [0.25, 0.3) is 11.5 Å². The quantitative estimate of drug-likeness (QED) is 0.521. The lowest BCUT2D eigenvalue weighted by Gasteiger charge is -2.10. The van der Waals surface area contributed by atoms with Gasteiger partial charge in [-0.3, -0.25) is 23.9 Å². The van der Waals surface area contributed by atoms with Gasteiger partial charge in [-0.05, 0) is 33.1 Å². The molecule has 0 aliphatic heterocycles. The largest absolute Gasteiger partial charge is 0.351 e. The molecule has 2 rings (SSSR count). The van der Waals surface area contributed by atoms with Crippen LogP contribution in [0.15, 0.2) is 34.1 Å². The van der Waals surface area contributed by atoms with E-state index in [1.54, 1.807) is 23.9 Å². The summed E-state index contributed by atoms with van der Waals surface area (Å²) in [5.41, 5.74) is -0.334. The average molecular weight is 376 g/mol. The number of hydrogen-bond donors (Lipinski definition) is 3. The number of amides is 2. The van der Waals surface area contributed by atoms with Gasteiger partial charge in [0, 0.05) is 32.1 Å². The zero-order chi connectivity index (χ0) is 20.0. The van der Waals surface area contributed by atoms with Crippen LogP contribution in [0.5, 0.6) is 0 Å². The van der Waals surface area contributed by atoms with Crippen LogP contribution in [0.3, 0.4) is 0 Å². The number of carbonyl (C=O) groups is 2. The van der Waals surface area contributed by atoms with E-state index in [-0.39, 0.29) is 12.5 Å². The monoisotopic (exact) mass is 376 g/mol. The summed E-state index contributed by atoms with van der Waals surface area (Å²) in [6.45, 7) is 1.18. The SMILES string of the molecule is CN(C)CCCNC(=O)c1cc(NC(=O)Cn2ccc(=O)[nH]c2=O)cn1C. The normalized spacial score (nSPS) is 10.8. The fraction of sp³-hybridized carbons (Fsp3) is 0.412. The molecule has 0 spiro atoms. The molecule has 0 aliphatic rings. The first-order valence-electron chi connectivity index (χ1n) is 8.45. The van der Waals surface area contributed by atoms with Crippen LogP contribution in [0.4, 0.5) is 5.69 Å². The van der Waals surface area contributed by atoms with E-state index in [4.69, 9.17) is 0 Å². The van der Waals surface area contributed by atoms with Crippen LogP contribution in [-0.4, -0.2) is 58.0 Å². The highest BCUT2D eigenvalue weighted by atomic mass is 16.2. The Kier molecular flexibility index (Phi) is 6.72. The standard InChI is InChI=1S/C17H24N6O4/c1-21(2)7-4-6-18-16(26)13-9-12(10-22(13)3)19-15(25)11-23-8-5-14(24)20-17(23)27/h5,8-10H,4,6-7,11H2,1-3H3,(H,18,26)(H,19,25)(H,20,24,27). The number of hydrogen-bond acceptors (Lipinski definition) is 5. The van der Waals surface area contributed by atoms with E-state index in [1.807, 2.05) is 19.0 Å². The molecule has 0 unspecified atom stereocenters. The summed E-state index contributed by atoms with van der Waals surface area (Å²) in [6.07, 6.45) is 3.70. The number of carbonyl (C=O) groups excluding carboxylic acids is 2. The summed E-state index contributed by atoms with van der Waals surface area (Å²) in [7, 11) is 5.64. The molecule has 2 aromatic heterocycles. The van der Waals surface area contributed by atoms with Crippen molar-refractivity contribution in [3.8, 4) is 0 Å². The maximum absolute atomic E-state index is 12.2. The Balaban J connectivity index is 1.94. The van der Waals surface area contributed by atoms with E-state index in [0.717, 1.165) is 23.6 Å². The second-order valence-corrected chi connectivity index (χ2v) is 6.42. The minimum atomic E-state index is -0.663. The van der Waals surface area contributed by atoms with Gasteiger partial charge >= 0.3 is 5.69 Å². The second kappa shape index (κ2) is 8.99. The van der Waals surface area contributed by atoms with E-state index < -0.39 is 17.2 Å². The van der Waals surface area contributed by atoms with E-state index in [2.05, 4.69) is 15.6 Å². The molecule has 2 amide bonds. The number of aromatic amines is 1. The summed E-state index contributed by atoms with van der Waals surface area (Å²) in [5.74, 6) is -0.679. The van der Waals surface area contributed by atoms with Gasteiger partial charge in [-0.1, -0.05) is 0 Å². The van der Waals surface area contributed by atoms with Crippen molar-refractivity contribution in [2.75, 3.05) is 32.5 Å². The molecule has 2 heterocycles. The predicted octanol–water partition coefficient (Wildman–Crippen LogP) is -0.805. The first kappa shape index (κ1) is 20.2. The Bertz CT molecular complexity index is 924. The van der Waals surface area contributed by atoms with Crippen molar-refractivity contribution < 1.29 is 9.59 Å². The minimum Gasteiger partial charge on any atom is -0.351 e. The maximum Gasteiger partial charge on any atom is 0.328 e. The van der Waals surface area contributed by atoms with Gasteiger partial charge in [-0.25, -0.2) is 4.79 Å². The molecule has 0 atom stereocenters. The first-order chi connectivity index (χ1) is 12.8. The highest BCUT2D eigenvalue weighted by molar-refractivity contribution is 5.96. The topological polar surface area (TPSA) is 121 Å². The van der Waals surface area contributed by atoms with Gasteiger partial charge in [-0.15, -0.1) is 0 Å². The fourth-order valence-electron chi connectivity index (χ4n) is 2.47. The first-order valence-corrected chi connectivity index (χ1v) is 8.45. The van der Waals surface area contributed by atoms with Crippen LogP contribution >= 0.6 is 0 Å². The molecule has 27 heavy (non-hydrogen) atoms. The molecule has 0 aliphatic carbocycles. The van der Waals surface area contributed by atoms with Crippen LogP contribution in [0.2, 0.25) is 0 Å². The Morgan fingerprint density at radius 3 is 2.67 bits per heavy atom. The van der Waals surface area contributed by atoms with E-state index in [0.29, 0.717) is 17.9 Å². The molecule has 10 heteroatoms. The molecule has 0 bridgehead atoms. The van der Waals surface area contributed by atoms with Crippen molar-refractivity contribution >= 4 is 17.5 Å². The maximum atomic E-state index is 12.2. The molecule has 2 aromatic rings. The fourth-order valence-corrected chi connectivity index (χ4v) is 2.47. The highest BCUT2D eigenvalue weighted by Crippen LogP contribution is 2.13. The zero-order valence-corrected chi connectivity index (χ0v) is 15.6. The van der Waals surface area contributed by atoms with E-state index >= 15 is 0 Å². The Morgan fingerprint density at radius 2 is 2.00 bits per heavy atom. The molecule has 3 N–H and O–H groups in total. The smallest absolute Gasteiger partial charge is 0.328 e. The second-order valence-electron chi connectivity index (χ2n) is 6.42. The lowest BCUT2D eigenvalue weighted by molar-refractivity contribution is -0.116. The average Bonchev–Trinajstić information content (AvgIpc) is 2.94. The van der Waals surface area contributed by atoms with Gasteiger partial charge in [0.15, 0.2) is 0 Å². The van der Waals surface area contributed by atoms with E-state index in [1.165, 1.54) is 6.20 Å². The summed E-state index contributed by atoms with van der Waals surface area (Å²) in [4.78, 5) is 51.1. The Labute approximate surface area is 155 Å². The molecule has 0 saturated heterocycles. The van der Waals surface area contributed by atoms with Crippen molar-refractivity contribution in [1.82, 2.24) is 24.3 Å². The van der Waals surface area contributed by atoms with Gasteiger partial charge in [0.2, 0.25) is 5.91 Å². The van der Waals surface area contributed by atoms with Gasteiger partial charge < -0.3 is 20.1 Å². The lowest BCUT2D eigenvalue weighted by atomic mass is 10.3. The number of H-pyrrole nitrogens is 1. The third-order valence-electron chi connectivity index (χ3n) is 3.80. The van der Waals surface area contributed by atoms with Crippen LogP contribution < -0.4 is 21.9 Å². The molecule has 0 radical (unpaired) electrons. The highest BCUT2D eigenvalue weighted by Gasteiger charge is 2.13. The summed E-state index contributed by atoms with van der Waals surface area (Å²) in [5, 5.41) is 5.47. The molecule has 0 fully saturated rings. The summed E-state index contributed by atoms with van der Waals surface area (Å²) < 4.78 is 2.70. The number of nitrogens with one attached hydrogen (secondary N) is 3. The molecule has 0 saturated carbocycles. The van der Waals surface area contributed by atoms with Crippen LogP contribution in [-0.2, 0) is 18.4 Å². The van der Waals surface area contributed by atoms with Crippen molar-refractivity contribution in [3.05, 3.63) is 51.1 Å². The zero-order valence-electron chi connectivity index (χ0n) is 15.6. The minimum absolute atomic E-state index is 0.228. The van der Waals surface area contributed by atoms with Crippen molar-refractivity contribution in [2.24, 2.45) is 7.05 Å². The van der Waals surface area contributed by atoms with Crippen molar-refractivity contribution in [3.63, 3.8) is 0 Å². The molecular formula is C17H24N6O4. The number of aryl methyl sites for hydroxylation is 1. The number of aromatic nitrogens is 3. The number of anilines is 1. The number of rotatable bonds is 8. The number of nitrogens with zero attached hydrogens (tertiary/aromatic N) is 3.